The Morgan fingerprint density at radius 3 is 2.44 bits per heavy atom. The van der Waals surface area contributed by atoms with Gasteiger partial charge in [-0.1, -0.05) is 36.4 Å². The van der Waals surface area contributed by atoms with Crippen LogP contribution in [0.4, 0.5) is 17.6 Å². The zero-order valence-corrected chi connectivity index (χ0v) is 22.6. The number of alkyl halides is 3. The summed E-state index contributed by atoms with van der Waals surface area (Å²) in [7, 11) is 1.60. The molecule has 1 saturated heterocycles. The van der Waals surface area contributed by atoms with E-state index in [0.717, 1.165) is 16.6 Å². The number of piperidine rings is 1. The zero-order chi connectivity index (χ0) is 29.1. The van der Waals surface area contributed by atoms with Gasteiger partial charge in [-0.15, -0.1) is 13.2 Å². The van der Waals surface area contributed by atoms with Gasteiger partial charge in [0.05, 0.1) is 12.2 Å². The summed E-state index contributed by atoms with van der Waals surface area (Å²) in [6, 6.07) is 16.2. The lowest BCUT2D eigenvalue weighted by Crippen LogP contribution is -2.38. The van der Waals surface area contributed by atoms with E-state index in [0.29, 0.717) is 67.7 Å². The summed E-state index contributed by atoms with van der Waals surface area (Å²) in [5, 5.41) is 0.710. The first-order chi connectivity index (χ1) is 19.7. The van der Waals surface area contributed by atoms with Gasteiger partial charge in [0.15, 0.2) is 0 Å². The third-order valence-corrected chi connectivity index (χ3v) is 7.59. The Morgan fingerprint density at radius 1 is 1.05 bits per heavy atom. The smallest absolute Gasteiger partial charge is 0.406 e. The van der Waals surface area contributed by atoms with Crippen molar-refractivity contribution in [3.05, 3.63) is 89.4 Å². The third kappa shape index (κ3) is 6.23. The number of nitrogens with zero attached hydrogens (tertiary/aromatic N) is 2. The van der Waals surface area contributed by atoms with Crippen molar-refractivity contribution in [1.29, 1.82) is 0 Å². The Labute approximate surface area is 235 Å². The molecule has 0 aliphatic carbocycles. The number of carbonyl (C=O) groups excluding carboxylic acids is 1. The quantitative estimate of drug-likeness (QED) is 0.247. The number of rotatable bonds is 8. The van der Waals surface area contributed by atoms with E-state index in [-0.39, 0.29) is 23.4 Å². The first-order valence-electron chi connectivity index (χ1n) is 13.4. The largest absolute Gasteiger partial charge is 0.573 e. The normalized spacial score (nSPS) is 14.5. The van der Waals surface area contributed by atoms with Gasteiger partial charge < -0.3 is 24.7 Å². The van der Waals surface area contributed by atoms with E-state index in [1.165, 1.54) is 18.2 Å². The molecule has 1 aliphatic heterocycles. The second-order valence-electron chi connectivity index (χ2n) is 10.1. The first kappa shape index (κ1) is 28.6. The Balaban J connectivity index is 1.45. The van der Waals surface area contributed by atoms with Gasteiger partial charge in [-0.3, -0.25) is 4.79 Å². The van der Waals surface area contributed by atoms with Crippen molar-refractivity contribution in [2.45, 2.75) is 38.2 Å². The summed E-state index contributed by atoms with van der Waals surface area (Å²) in [5.41, 5.74) is 9.94. The number of fused-ring (bicyclic) bond motifs is 1. The molecule has 2 heterocycles. The van der Waals surface area contributed by atoms with Gasteiger partial charge in [-0.2, -0.15) is 0 Å². The molecular formula is C31H31F4N3O3. The van der Waals surface area contributed by atoms with Crippen LogP contribution >= 0.6 is 0 Å². The van der Waals surface area contributed by atoms with Crippen LogP contribution in [0.3, 0.4) is 0 Å². The fourth-order valence-electron chi connectivity index (χ4n) is 5.56. The molecule has 6 nitrogen and oxygen atoms in total. The highest BCUT2D eigenvalue weighted by Gasteiger charge is 2.31. The number of hydrogen-bond donors (Lipinski definition) is 1. The number of nitrogens with two attached hydrogens (primary N) is 1. The van der Waals surface area contributed by atoms with E-state index in [1.807, 2.05) is 35.0 Å². The number of benzene rings is 3. The highest BCUT2D eigenvalue weighted by molar-refractivity contribution is 6.12. The van der Waals surface area contributed by atoms with E-state index in [9.17, 15) is 22.4 Å². The van der Waals surface area contributed by atoms with Gasteiger partial charge in [0, 0.05) is 50.4 Å². The summed E-state index contributed by atoms with van der Waals surface area (Å²) >= 11 is 0. The van der Waals surface area contributed by atoms with Crippen molar-refractivity contribution in [2.75, 3.05) is 26.8 Å². The maximum atomic E-state index is 14.6. The molecule has 0 spiro atoms. The van der Waals surface area contributed by atoms with Crippen LogP contribution in [0.25, 0.3) is 22.0 Å². The molecule has 216 valence electrons. The van der Waals surface area contributed by atoms with Crippen molar-refractivity contribution in [3.63, 3.8) is 0 Å². The lowest BCUT2D eigenvalue weighted by atomic mass is 9.88. The fraction of sp³-hybridized carbons (Fsp3) is 0.323. The third-order valence-electron chi connectivity index (χ3n) is 7.59. The average Bonchev–Trinajstić information content (AvgIpc) is 3.34. The summed E-state index contributed by atoms with van der Waals surface area (Å²) in [6.45, 7) is 2.21. The van der Waals surface area contributed by atoms with Gasteiger partial charge >= 0.3 is 6.36 Å². The number of ether oxygens (including phenoxy) is 2. The predicted octanol–water partition coefficient (Wildman–Crippen LogP) is 6.47. The van der Waals surface area contributed by atoms with Crippen LogP contribution in [0.15, 0.2) is 66.9 Å². The number of hydrogen-bond acceptors (Lipinski definition) is 4. The van der Waals surface area contributed by atoms with Gasteiger partial charge in [0.2, 0.25) is 0 Å². The van der Waals surface area contributed by atoms with Gasteiger partial charge in [-0.05, 0) is 65.3 Å². The summed E-state index contributed by atoms with van der Waals surface area (Å²) in [6.07, 6.45) is -1.74. The van der Waals surface area contributed by atoms with E-state index < -0.39 is 6.36 Å². The van der Waals surface area contributed by atoms with Gasteiger partial charge in [-0.25, -0.2) is 4.39 Å². The Hall–Kier alpha value is -3.89. The van der Waals surface area contributed by atoms with Crippen molar-refractivity contribution >= 4 is 16.8 Å². The number of halogens is 4. The molecule has 0 saturated carbocycles. The minimum absolute atomic E-state index is 0.0124. The Kier molecular flexibility index (Phi) is 8.32. The molecule has 2 N–H and O–H groups in total. The van der Waals surface area contributed by atoms with E-state index in [2.05, 4.69) is 4.74 Å². The van der Waals surface area contributed by atoms with Crippen LogP contribution < -0.4 is 10.5 Å². The molecule has 41 heavy (non-hydrogen) atoms. The van der Waals surface area contributed by atoms with Gasteiger partial charge in [0.1, 0.15) is 11.6 Å². The van der Waals surface area contributed by atoms with Crippen molar-refractivity contribution < 1.29 is 31.8 Å². The molecule has 0 bridgehead atoms. The molecule has 10 heteroatoms. The molecular weight excluding hydrogens is 538 g/mol. The van der Waals surface area contributed by atoms with Crippen LogP contribution in [-0.4, -0.2) is 48.5 Å². The van der Waals surface area contributed by atoms with Crippen LogP contribution in [0.2, 0.25) is 0 Å². The number of likely N-dealkylation sites (tertiary alicyclic amines) is 1. The second kappa shape index (κ2) is 11.9. The minimum atomic E-state index is -4.79. The average molecular weight is 570 g/mol. The molecule has 3 aromatic carbocycles. The van der Waals surface area contributed by atoms with Crippen LogP contribution in [0.1, 0.15) is 40.2 Å². The van der Waals surface area contributed by atoms with Crippen molar-refractivity contribution in [2.24, 2.45) is 5.73 Å². The Morgan fingerprint density at radius 2 is 1.78 bits per heavy atom. The predicted molar refractivity (Wildman–Crippen MR) is 148 cm³/mol. The Bertz CT molecular complexity index is 1520. The van der Waals surface area contributed by atoms with E-state index >= 15 is 0 Å². The minimum Gasteiger partial charge on any atom is -0.406 e. The second-order valence-corrected chi connectivity index (χ2v) is 10.1. The SMILES string of the molecule is COCCn1cc(C(=O)N2CCC(c3cc(CN)ccc3F)CC2)c2c(-c3ccc(OC(F)(F)F)cc3)cccc21. The van der Waals surface area contributed by atoms with E-state index in [1.54, 1.807) is 30.2 Å². The molecule has 0 radical (unpaired) electrons. The summed E-state index contributed by atoms with van der Waals surface area (Å²) < 4.78 is 63.9. The fourth-order valence-corrected chi connectivity index (χ4v) is 5.56. The number of aromatic nitrogens is 1. The highest BCUT2D eigenvalue weighted by atomic mass is 19.4. The molecule has 1 amide bonds. The first-order valence-corrected chi connectivity index (χ1v) is 13.4. The molecule has 1 aliphatic rings. The molecule has 1 fully saturated rings. The molecule has 4 aromatic rings. The number of amides is 1. The van der Waals surface area contributed by atoms with Crippen molar-refractivity contribution in [1.82, 2.24) is 9.47 Å². The van der Waals surface area contributed by atoms with Gasteiger partial charge in [0.25, 0.3) is 5.91 Å². The highest BCUT2D eigenvalue weighted by Crippen LogP contribution is 2.36. The molecule has 0 atom stereocenters. The lowest BCUT2D eigenvalue weighted by molar-refractivity contribution is -0.274. The van der Waals surface area contributed by atoms with E-state index in [4.69, 9.17) is 10.5 Å². The van der Waals surface area contributed by atoms with Crippen LogP contribution in [0, 0.1) is 5.82 Å². The summed E-state index contributed by atoms with van der Waals surface area (Å²) in [5.74, 6) is -0.741. The number of carbonyl (C=O) groups is 1. The summed E-state index contributed by atoms with van der Waals surface area (Å²) in [4.78, 5) is 15.7. The lowest BCUT2D eigenvalue weighted by Gasteiger charge is -2.32. The standard InChI is InChI=1S/C31H31F4N3O3/c1-40-16-15-38-19-26(30(39)37-13-11-22(12-14-37)25-17-20(18-36)5-10-27(25)32)29-24(3-2-4-28(29)38)21-6-8-23(9-7-21)41-31(33,34)35/h2-10,17,19,22H,11-16,18,36H2,1H3. The maximum Gasteiger partial charge on any atom is 0.573 e. The molecule has 1 aromatic heterocycles. The maximum absolute atomic E-state index is 14.6. The number of methoxy groups -OCH3 is 1. The molecule has 5 rings (SSSR count). The van der Waals surface area contributed by atoms with Crippen molar-refractivity contribution in [3.8, 4) is 16.9 Å². The molecule has 0 unspecified atom stereocenters. The van der Waals surface area contributed by atoms with Crippen LogP contribution in [0.5, 0.6) is 5.75 Å². The zero-order valence-electron chi connectivity index (χ0n) is 22.6. The van der Waals surface area contributed by atoms with Crippen LogP contribution in [-0.2, 0) is 17.8 Å². The monoisotopic (exact) mass is 569 g/mol. The topological polar surface area (TPSA) is 69.7 Å².